The highest BCUT2D eigenvalue weighted by molar-refractivity contribution is 7.80. The fourth-order valence-corrected chi connectivity index (χ4v) is 2.24. The summed E-state index contributed by atoms with van der Waals surface area (Å²) in [5.41, 5.74) is 2.07. The van der Waals surface area contributed by atoms with Gasteiger partial charge in [-0.15, -0.1) is 0 Å². The molecule has 5 nitrogen and oxygen atoms in total. The highest BCUT2D eigenvalue weighted by atomic mass is 32.1. The summed E-state index contributed by atoms with van der Waals surface area (Å²) in [5.74, 6) is 0.358. The van der Waals surface area contributed by atoms with E-state index in [4.69, 9.17) is 17.0 Å². The van der Waals surface area contributed by atoms with E-state index in [-0.39, 0.29) is 16.8 Å². The van der Waals surface area contributed by atoms with Gasteiger partial charge in [0.25, 0.3) is 0 Å². The van der Waals surface area contributed by atoms with E-state index in [0.717, 1.165) is 11.3 Å². The fourth-order valence-electron chi connectivity index (χ4n) is 2.02. The lowest BCUT2D eigenvalue weighted by Gasteiger charge is -2.09. The predicted octanol–water partition coefficient (Wildman–Crippen LogP) is 3.42. The van der Waals surface area contributed by atoms with E-state index >= 15 is 0 Å². The van der Waals surface area contributed by atoms with Crippen molar-refractivity contribution in [3.8, 4) is 5.75 Å². The molecule has 0 saturated carbocycles. The summed E-state index contributed by atoms with van der Waals surface area (Å²) in [5, 5.41) is 5.59. The highest BCUT2D eigenvalue weighted by Gasteiger charge is 2.04. The molecule has 6 heteroatoms. The summed E-state index contributed by atoms with van der Waals surface area (Å²) in [4.78, 5) is 23.3. The van der Waals surface area contributed by atoms with Gasteiger partial charge in [-0.3, -0.25) is 14.9 Å². The number of carbonyl (C=O) groups excluding carboxylic acids is 2. The first kappa shape index (κ1) is 18.4. The van der Waals surface area contributed by atoms with Crippen LogP contribution in [0.15, 0.2) is 54.6 Å². The lowest BCUT2D eigenvalue weighted by molar-refractivity contribution is -0.115. The zero-order valence-electron chi connectivity index (χ0n) is 13.9. The van der Waals surface area contributed by atoms with E-state index in [1.807, 2.05) is 24.3 Å². The molecule has 0 radical (unpaired) electrons. The van der Waals surface area contributed by atoms with Crippen molar-refractivity contribution in [1.82, 2.24) is 5.32 Å². The van der Waals surface area contributed by atoms with Crippen LogP contribution in [0.2, 0.25) is 0 Å². The Balaban J connectivity index is 1.91. The van der Waals surface area contributed by atoms with Crippen molar-refractivity contribution in [3.63, 3.8) is 0 Å². The van der Waals surface area contributed by atoms with Crippen LogP contribution in [0, 0.1) is 0 Å². The first-order valence-corrected chi connectivity index (χ1v) is 7.94. The van der Waals surface area contributed by atoms with Gasteiger partial charge in [0.05, 0.1) is 7.11 Å². The second kappa shape index (κ2) is 8.75. The largest absolute Gasteiger partial charge is 0.497 e. The molecule has 0 aromatic heterocycles. The van der Waals surface area contributed by atoms with Gasteiger partial charge in [-0.05, 0) is 55.0 Å². The minimum Gasteiger partial charge on any atom is -0.497 e. The number of hydrogen-bond donors (Lipinski definition) is 2. The average Bonchev–Trinajstić information content (AvgIpc) is 2.60. The van der Waals surface area contributed by atoms with Crippen LogP contribution in [0.5, 0.6) is 5.75 Å². The molecule has 0 bridgehead atoms. The van der Waals surface area contributed by atoms with Crippen molar-refractivity contribution in [2.75, 3.05) is 12.4 Å². The van der Waals surface area contributed by atoms with Gasteiger partial charge in [0.2, 0.25) is 5.91 Å². The Morgan fingerprint density at radius 2 is 1.84 bits per heavy atom. The smallest absolute Gasteiger partial charge is 0.250 e. The van der Waals surface area contributed by atoms with Crippen LogP contribution < -0.4 is 15.4 Å². The quantitative estimate of drug-likeness (QED) is 0.489. The number of hydrogen-bond acceptors (Lipinski definition) is 4. The molecule has 0 aliphatic carbocycles. The molecule has 2 aromatic carbocycles. The van der Waals surface area contributed by atoms with E-state index in [9.17, 15) is 9.59 Å². The molecule has 0 fully saturated rings. The zero-order valence-corrected chi connectivity index (χ0v) is 14.7. The van der Waals surface area contributed by atoms with Crippen LogP contribution in [0.1, 0.15) is 22.8 Å². The second-order valence-electron chi connectivity index (χ2n) is 5.19. The summed E-state index contributed by atoms with van der Waals surface area (Å²) >= 11 is 5.11. The van der Waals surface area contributed by atoms with E-state index in [2.05, 4.69) is 10.6 Å². The van der Waals surface area contributed by atoms with Gasteiger partial charge in [0, 0.05) is 17.3 Å². The number of rotatable bonds is 5. The van der Waals surface area contributed by atoms with Crippen LogP contribution in [0.25, 0.3) is 6.08 Å². The standard InChI is InChI=1S/C19H18N2O3S/c1-13(22)15-4-3-5-16(12-15)20-19(25)21-18(23)11-8-14-6-9-17(24-2)10-7-14/h3-12H,1-2H3,(H2,20,21,23,25)/b11-8+. The lowest BCUT2D eigenvalue weighted by Crippen LogP contribution is -2.32. The van der Waals surface area contributed by atoms with Crippen molar-refractivity contribution in [2.45, 2.75) is 6.92 Å². The number of ketones is 1. The molecule has 0 heterocycles. The summed E-state index contributed by atoms with van der Waals surface area (Å²) in [7, 11) is 1.60. The third-order valence-electron chi connectivity index (χ3n) is 3.31. The van der Waals surface area contributed by atoms with Crippen LogP contribution in [-0.4, -0.2) is 23.9 Å². The number of carbonyl (C=O) groups is 2. The molecule has 128 valence electrons. The lowest BCUT2D eigenvalue weighted by atomic mass is 10.1. The Hall–Kier alpha value is -2.99. The molecule has 0 saturated heterocycles. The van der Waals surface area contributed by atoms with Gasteiger partial charge in [-0.1, -0.05) is 24.3 Å². The number of benzene rings is 2. The van der Waals surface area contributed by atoms with Crippen LogP contribution in [0.3, 0.4) is 0 Å². The molecule has 1 amide bonds. The van der Waals surface area contributed by atoms with Gasteiger partial charge in [0.15, 0.2) is 10.9 Å². The van der Waals surface area contributed by atoms with E-state index < -0.39 is 0 Å². The Morgan fingerprint density at radius 3 is 2.48 bits per heavy atom. The molecule has 0 aliphatic rings. The van der Waals surface area contributed by atoms with E-state index in [0.29, 0.717) is 11.3 Å². The Kier molecular flexibility index (Phi) is 6.42. The maximum Gasteiger partial charge on any atom is 0.250 e. The fraction of sp³-hybridized carbons (Fsp3) is 0.105. The Bertz CT molecular complexity index is 814. The molecular weight excluding hydrogens is 336 g/mol. The Morgan fingerprint density at radius 1 is 1.12 bits per heavy atom. The van der Waals surface area contributed by atoms with Gasteiger partial charge in [-0.2, -0.15) is 0 Å². The molecule has 0 unspecified atom stereocenters. The maximum absolute atomic E-state index is 11.9. The number of amides is 1. The monoisotopic (exact) mass is 354 g/mol. The van der Waals surface area contributed by atoms with Gasteiger partial charge < -0.3 is 10.1 Å². The third-order valence-corrected chi connectivity index (χ3v) is 3.51. The van der Waals surface area contributed by atoms with Crippen molar-refractivity contribution in [1.29, 1.82) is 0 Å². The first-order chi connectivity index (χ1) is 12.0. The third kappa shape index (κ3) is 5.86. The van der Waals surface area contributed by atoms with Crippen molar-refractivity contribution in [3.05, 3.63) is 65.7 Å². The molecule has 0 atom stereocenters. The van der Waals surface area contributed by atoms with Crippen molar-refractivity contribution >= 4 is 40.8 Å². The highest BCUT2D eigenvalue weighted by Crippen LogP contribution is 2.12. The summed E-state index contributed by atoms with van der Waals surface area (Å²) in [6, 6.07) is 14.2. The number of Topliss-reactive ketones (excluding diaryl/α,β-unsaturated/α-hetero) is 1. The number of ether oxygens (including phenoxy) is 1. The molecule has 2 N–H and O–H groups in total. The molecular formula is C19H18N2O3S. The van der Waals surface area contributed by atoms with Gasteiger partial charge in [0.1, 0.15) is 5.75 Å². The normalized spacial score (nSPS) is 10.3. The molecule has 0 spiro atoms. The van der Waals surface area contributed by atoms with Gasteiger partial charge >= 0.3 is 0 Å². The zero-order chi connectivity index (χ0) is 18.2. The molecule has 2 rings (SSSR count). The molecule has 0 aliphatic heterocycles. The van der Waals surface area contributed by atoms with Crippen molar-refractivity contribution < 1.29 is 14.3 Å². The van der Waals surface area contributed by atoms with Gasteiger partial charge in [-0.25, -0.2) is 0 Å². The van der Waals surface area contributed by atoms with E-state index in [1.165, 1.54) is 13.0 Å². The van der Waals surface area contributed by atoms with Crippen LogP contribution in [-0.2, 0) is 4.79 Å². The van der Waals surface area contributed by atoms with Crippen molar-refractivity contribution in [2.24, 2.45) is 0 Å². The van der Waals surface area contributed by atoms with Crippen LogP contribution >= 0.6 is 12.2 Å². The second-order valence-corrected chi connectivity index (χ2v) is 5.60. The first-order valence-electron chi connectivity index (χ1n) is 7.53. The summed E-state index contributed by atoms with van der Waals surface area (Å²) in [6.45, 7) is 1.49. The van der Waals surface area contributed by atoms with E-state index in [1.54, 1.807) is 37.5 Å². The summed E-state index contributed by atoms with van der Waals surface area (Å²) < 4.78 is 5.08. The topological polar surface area (TPSA) is 67.4 Å². The molecule has 25 heavy (non-hydrogen) atoms. The minimum absolute atomic E-state index is 0.0407. The van der Waals surface area contributed by atoms with Crippen LogP contribution in [0.4, 0.5) is 5.69 Å². The minimum atomic E-state index is -0.351. The number of anilines is 1. The maximum atomic E-state index is 11.9. The average molecular weight is 354 g/mol. The number of thiocarbonyl (C=S) groups is 1. The molecule has 2 aromatic rings. The predicted molar refractivity (Wildman–Crippen MR) is 103 cm³/mol. The SMILES string of the molecule is COc1ccc(/C=C/C(=O)NC(=S)Nc2cccc(C(C)=O)c2)cc1. The summed E-state index contributed by atoms with van der Waals surface area (Å²) in [6.07, 6.45) is 3.07. The number of nitrogens with one attached hydrogen (secondary N) is 2. The number of methoxy groups -OCH3 is 1. The Labute approximate surface area is 151 Å².